The van der Waals surface area contributed by atoms with Gasteiger partial charge in [0.1, 0.15) is 29.8 Å². The lowest BCUT2D eigenvalue weighted by Gasteiger charge is -2.57. The number of fused-ring (bicyclic) bond motifs is 2. The second-order valence-corrected chi connectivity index (χ2v) is 15.9. The van der Waals surface area contributed by atoms with Crippen molar-refractivity contribution in [1.82, 2.24) is 30.0 Å². The number of hydrogen-bond donors (Lipinski definition) is 2. The van der Waals surface area contributed by atoms with Crippen LogP contribution in [0.2, 0.25) is 0 Å². The molecule has 252 valence electrons. The highest BCUT2D eigenvalue weighted by atomic mass is 19.1. The molecule has 48 heavy (non-hydrogen) atoms. The Hall–Kier alpha value is -3.48. The topological polar surface area (TPSA) is 113 Å². The Labute approximate surface area is 277 Å². The first-order chi connectivity index (χ1) is 23.2. The number of piperidine rings is 1. The smallest absolute Gasteiger partial charge is 0.319 e. The SMILES string of the molecule is Cc1cc2[nH]ncc2c2c1[C@@H]1C[C@@H]1COCC1(O)CC3(CCCN(C3)c3nc(OCC45CCCN4C[C@H](F)C5)nc4c(F)c-2ncc34)C1. The van der Waals surface area contributed by atoms with E-state index in [9.17, 15) is 9.50 Å². The fourth-order valence-corrected chi connectivity index (χ4v) is 10.4. The fraction of sp³-hybridized carbons (Fsp3) is 0.611. The number of ether oxygens (including phenoxy) is 2. The van der Waals surface area contributed by atoms with Crippen molar-refractivity contribution >= 4 is 27.6 Å². The van der Waals surface area contributed by atoms with Crippen molar-refractivity contribution in [3.8, 4) is 17.3 Å². The maximum absolute atomic E-state index is 17.3. The van der Waals surface area contributed by atoms with E-state index in [1.807, 2.05) is 0 Å². The van der Waals surface area contributed by atoms with Crippen molar-refractivity contribution in [2.45, 2.75) is 81.5 Å². The van der Waals surface area contributed by atoms with E-state index in [0.717, 1.165) is 72.8 Å². The second-order valence-electron chi connectivity index (χ2n) is 15.9. The summed E-state index contributed by atoms with van der Waals surface area (Å²) in [6.45, 7) is 5.91. The molecule has 4 atom stereocenters. The molecule has 4 aromatic rings. The van der Waals surface area contributed by atoms with Crippen molar-refractivity contribution in [1.29, 1.82) is 0 Å². The van der Waals surface area contributed by atoms with Crippen LogP contribution in [0.4, 0.5) is 14.6 Å². The van der Waals surface area contributed by atoms with Crippen LogP contribution in [0.1, 0.15) is 68.4 Å². The highest BCUT2D eigenvalue weighted by molar-refractivity contribution is 6.00. The van der Waals surface area contributed by atoms with Crippen molar-refractivity contribution in [3.63, 3.8) is 0 Å². The van der Waals surface area contributed by atoms with E-state index in [-0.39, 0.29) is 46.6 Å². The minimum Gasteiger partial charge on any atom is -0.461 e. The van der Waals surface area contributed by atoms with E-state index < -0.39 is 17.6 Å². The Morgan fingerprint density at radius 1 is 1.15 bits per heavy atom. The van der Waals surface area contributed by atoms with Crippen LogP contribution in [0.3, 0.4) is 0 Å². The lowest BCUT2D eigenvalue weighted by Crippen LogP contribution is -2.60. The van der Waals surface area contributed by atoms with E-state index in [0.29, 0.717) is 56.8 Å². The van der Waals surface area contributed by atoms with Gasteiger partial charge in [0.25, 0.3) is 0 Å². The monoisotopic (exact) mass is 657 g/mol. The predicted octanol–water partition coefficient (Wildman–Crippen LogP) is 5.22. The number of nitrogens with zero attached hydrogens (tertiary/aromatic N) is 6. The first kappa shape index (κ1) is 29.4. The maximum Gasteiger partial charge on any atom is 0.319 e. The van der Waals surface area contributed by atoms with Crippen molar-refractivity contribution in [3.05, 3.63) is 35.4 Å². The van der Waals surface area contributed by atoms with Gasteiger partial charge in [0.05, 0.1) is 41.5 Å². The molecule has 0 radical (unpaired) electrons. The number of aromatic amines is 1. The number of aliphatic hydroxyl groups is 1. The van der Waals surface area contributed by atoms with E-state index in [1.165, 1.54) is 0 Å². The van der Waals surface area contributed by atoms with Gasteiger partial charge in [-0.3, -0.25) is 15.0 Å². The average molecular weight is 658 g/mol. The molecule has 8 aliphatic rings. The number of aromatic nitrogens is 5. The van der Waals surface area contributed by atoms with Crippen molar-refractivity contribution in [2.75, 3.05) is 50.9 Å². The van der Waals surface area contributed by atoms with E-state index >= 15 is 4.39 Å². The number of hydrogen-bond acceptors (Lipinski definition) is 9. The largest absolute Gasteiger partial charge is 0.461 e. The van der Waals surface area contributed by atoms with Gasteiger partial charge in [0.2, 0.25) is 0 Å². The molecule has 12 heteroatoms. The number of pyridine rings is 1. The lowest BCUT2D eigenvalue weighted by molar-refractivity contribution is -0.168. The van der Waals surface area contributed by atoms with Crippen LogP contribution in [0.25, 0.3) is 33.1 Å². The average Bonchev–Trinajstić information content (AvgIpc) is 3.31. The highest BCUT2D eigenvalue weighted by Crippen LogP contribution is 2.56. The summed E-state index contributed by atoms with van der Waals surface area (Å²) in [6, 6.07) is 2.18. The zero-order valence-electron chi connectivity index (χ0n) is 27.3. The Bertz CT molecular complexity index is 1960. The van der Waals surface area contributed by atoms with Gasteiger partial charge in [-0.15, -0.1) is 0 Å². The molecule has 5 fully saturated rings. The Morgan fingerprint density at radius 2 is 2.02 bits per heavy atom. The number of rotatable bonds is 3. The molecule has 2 N–H and O–H groups in total. The van der Waals surface area contributed by atoms with Crippen LogP contribution in [-0.4, -0.2) is 98.5 Å². The molecule has 3 aromatic heterocycles. The number of anilines is 1. The summed E-state index contributed by atoms with van der Waals surface area (Å²) in [5.74, 6) is 0.539. The summed E-state index contributed by atoms with van der Waals surface area (Å²) in [5, 5.41) is 20.2. The molecule has 1 unspecified atom stereocenters. The van der Waals surface area contributed by atoms with E-state index in [4.69, 9.17) is 24.4 Å². The van der Waals surface area contributed by atoms with Crippen LogP contribution >= 0.6 is 0 Å². The molecular formula is C36H41F2N7O3. The molecule has 9 heterocycles. The standard InChI is InChI=1S/C36H41F2N7O3/c1-20-8-26-24(12-40-43-26)28-27(20)23-9-21(23)14-47-19-36(46)15-34(16-36)4-2-6-44(17-34)32-25-11-39-31(28)29(38)30(25)41-33(42-32)48-18-35-5-3-7-45(35)13-22(37)10-35/h8,11-12,21-23,46H,2-7,9-10,13-19H2,1H3,(H,40,43)/t21-,22-,23-,34?,35?,36?/m1/s1. The molecule has 7 bridgehead atoms. The van der Waals surface area contributed by atoms with Gasteiger partial charge in [-0.2, -0.15) is 15.1 Å². The molecule has 6 aliphatic heterocycles. The molecule has 0 amide bonds. The molecule has 1 spiro atoms. The van der Waals surface area contributed by atoms with Gasteiger partial charge >= 0.3 is 6.01 Å². The van der Waals surface area contributed by atoms with E-state index in [2.05, 4.69) is 33.0 Å². The van der Waals surface area contributed by atoms with Crippen LogP contribution in [-0.2, 0) is 4.74 Å². The summed E-state index contributed by atoms with van der Waals surface area (Å²) in [7, 11) is 0. The maximum atomic E-state index is 17.3. The summed E-state index contributed by atoms with van der Waals surface area (Å²) in [4.78, 5) is 18.9. The summed E-state index contributed by atoms with van der Waals surface area (Å²) >= 11 is 0. The Kier molecular flexibility index (Phi) is 6.30. The summed E-state index contributed by atoms with van der Waals surface area (Å²) in [6.07, 6.45) is 9.06. The van der Waals surface area contributed by atoms with Crippen LogP contribution in [0, 0.1) is 24.1 Å². The van der Waals surface area contributed by atoms with Gasteiger partial charge in [0.15, 0.2) is 5.82 Å². The van der Waals surface area contributed by atoms with Gasteiger partial charge in [0, 0.05) is 43.2 Å². The molecule has 3 saturated heterocycles. The number of aryl methyl sites for hydroxylation is 1. The predicted molar refractivity (Wildman–Crippen MR) is 175 cm³/mol. The van der Waals surface area contributed by atoms with Gasteiger partial charge in [-0.1, -0.05) is 0 Å². The molecule has 1 aromatic carbocycles. The van der Waals surface area contributed by atoms with Gasteiger partial charge < -0.3 is 19.5 Å². The third-order valence-electron chi connectivity index (χ3n) is 12.5. The third-order valence-corrected chi connectivity index (χ3v) is 12.5. The molecule has 12 rings (SSSR count). The Balaban J connectivity index is 1.14. The fourth-order valence-electron chi connectivity index (χ4n) is 10.4. The third kappa shape index (κ3) is 4.44. The minimum absolute atomic E-state index is 0.0693. The normalized spacial score (nSPS) is 34.2. The molecule has 2 saturated carbocycles. The number of benzene rings is 1. The van der Waals surface area contributed by atoms with Gasteiger partial charge in [-0.05, 0) is 92.9 Å². The minimum atomic E-state index is -0.880. The number of nitrogens with one attached hydrogen (secondary N) is 1. The second kappa shape index (κ2) is 10.3. The highest BCUT2D eigenvalue weighted by Gasteiger charge is 2.56. The molecular weight excluding hydrogens is 616 g/mol. The summed E-state index contributed by atoms with van der Waals surface area (Å²) < 4.78 is 44.5. The van der Waals surface area contributed by atoms with Crippen molar-refractivity contribution < 1.29 is 23.4 Å². The zero-order valence-corrected chi connectivity index (χ0v) is 27.3. The summed E-state index contributed by atoms with van der Waals surface area (Å²) in [5.41, 5.74) is 2.77. The molecule has 2 aliphatic carbocycles. The Morgan fingerprint density at radius 3 is 2.92 bits per heavy atom. The molecule has 10 nitrogen and oxygen atoms in total. The first-order valence-electron chi connectivity index (χ1n) is 17.6. The number of H-pyrrole nitrogens is 1. The number of halogens is 2. The van der Waals surface area contributed by atoms with Gasteiger partial charge in [-0.25, -0.2) is 8.78 Å². The zero-order chi connectivity index (χ0) is 32.4. The quantitative estimate of drug-likeness (QED) is 0.307. The number of alkyl halides is 1. The van der Waals surface area contributed by atoms with Crippen LogP contribution in [0.5, 0.6) is 6.01 Å². The van der Waals surface area contributed by atoms with Crippen molar-refractivity contribution in [2.24, 2.45) is 11.3 Å². The lowest BCUT2D eigenvalue weighted by atomic mass is 9.56. The first-order valence-corrected chi connectivity index (χ1v) is 17.6. The van der Waals surface area contributed by atoms with Crippen LogP contribution < -0.4 is 9.64 Å². The van der Waals surface area contributed by atoms with E-state index in [1.54, 1.807) is 12.4 Å². The van der Waals surface area contributed by atoms with Crippen LogP contribution in [0.15, 0.2) is 18.5 Å².